The second-order valence-electron chi connectivity index (χ2n) is 17.5. The summed E-state index contributed by atoms with van der Waals surface area (Å²) in [5, 5.41) is 3.37. The molecule has 0 spiro atoms. The van der Waals surface area contributed by atoms with Gasteiger partial charge in [-0.05, 0) is 141 Å². The van der Waals surface area contributed by atoms with Gasteiger partial charge in [-0.15, -0.1) is 0 Å². The Balaban J connectivity index is 1.21. The van der Waals surface area contributed by atoms with Gasteiger partial charge in [-0.1, -0.05) is 194 Å². The Morgan fingerprint density at radius 3 is 1.00 bits per heavy atom. The third-order valence-electron chi connectivity index (χ3n) is 13.1. The van der Waals surface area contributed by atoms with Crippen LogP contribution in [0.2, 0.25) is 0 Å². The molecular formula is C68H50F2N2. The minimum absolute atomic E-state index is 0.252. The highest BCUT2D eigenvalue weighted by molar-refractivity contribution is 6.28. The zero-order valence-corrected chi connectivity index (χ0v) is 39.0. The van der Waals surface area contributed by atoms with Gasteiger partial charge in [-0.2, -0.15) is 0 Å². The second-order valence-corrected chi connectivity index (χ2v) is 17.5. The van der Waals surface area contributed by atoms with Crippen molar-refractivity contribution < 1.29 is 36.2 Å². The van der Waals surface area contributed by atoms with Crippen molar-refractivity contribution in [2.45, 2.75) is 27.7 Å². The van der Waals surface area contributed by atoms with Crippen molar-refractivity contribution in [1.82, 2.24) is 0 Å². The molecule has 0 atom stereocenters. The maximum atomic E-state index is 18.6. The molecule has 12 rings (SSSR count). The van der Waals surface area contributed by atoms with Gasteiger partial charge in [-0.3, -0.25) is 0 Å². The van der Waals surface area contributed by atoms with Crippen molar-refractivity contribution in [3.05, 3.63) is 264 Å². The average molecular weight is 953 g/mol. The van der Waals surface area contributed by atoms with Gasteiger partial charge in [0.1, 0.15) is 11.6 Å². The topological polar surface area (TPSA) is 6.48 Å². The van der Waals surface area contributed by atoms with Crippen LogP contribution in [-0.2, 0) is 0 Å². The summed E-state index contributed by atoms with van der Waals surface area (Å²) in [5.41, 5.74) is 0.267. The molecule has 0 aliphatic rings. The van der Waals surface area contributed by atoms with E-state index in [1.807, 2.05) is 24.3 Å². The standard InChI is InChI=1S/C68H50F2N2/c1-43-19-17-20-44(2)65(43)71(67-57(49-27-13-7-14-28-49)39-53(41-59(67)69)47-23-9-5-10-24-47)61-37-33-51-32-36-56-62(38-34-52-31-35-55(61)63(51)64(52)56)72(66-45(3)21-18-22-46(66)4)68-58(50-29-15-8-16-30-50)40-54(42-60(68)70)48-25-11-6-12-26-48/h5-42H,1-4H3/i5D,6D,7D,8D,9D,10D,11D,12D,13D,14D,15D,16D,23D,24D,25D,26D,27D,28D,29D,30D. The summed E-state index contributed by atoms with van der Waals surface area (Å²) >= 11 is 0. The van der Waals surface area contributed by atoms with Crippen LogP contribution in [0, 0.1) is 39.3 Å². The predicted molar refractivity (Wildman–Crippen MR) is 300 cm³/mol. The first-order chi connectivity index (χ1) is 43.5. The molecule has 346 valence electrons. The molecule has 0 amide bonds. The van der Waals surface area contributed by atoms with Crippen molar-refractivity contribution in [3.63, 3.8) is 0 Å². The summed E-state index contributed by atoms with van der Waals surface area (Å²) in [6.07, 6.45) is 0. The maximum Gasteiger partial charge on any atom is 0.148 e. The molecule has 12 aromatic rings. The first-order valence-electron chi connectivity index (χ1n) is 32.9. The second kappa shape index (κ2) is 18.1. The average Bonchev–Trinajstić information content (AvgIpc) is 0.719. The number of hydrogen-bond donors (Lipinski definition) is 0. The first kappa shape index (κ1) is 27.5. The lowest BCUT2D eigenvalue weighted by atomic mass is 9.90. The number of hydrogen-bond acceptors (Lipinski definition) is 2. The Kier molecular flexibility index (Phi) is 6.93. The maximum absolute atomic E-state index is 18.6. The molecule has 12 aromatic carbocycles. The van der Waals surface area contributed by atoms with Crippen LogP contribution in [0.25, 0.3) is 76.8 Å². The Morgan fingerprint density at radius 2 is 0.653 bits per heavy atom. The Labute approximate surface area is 447 Å². The van der Waals surface area contributed by atoms with E-state index in [4.69, 9.17) is 21.9 Å². The number of nitrogens with zero attached hydrogens (tertiary/aromatic N) is 2. The van der Waals surface area contributed by atoms with Gasteiger partial charge in [0.2, 0.25) is 0 Å². The van der Waals surface area contributed by atoms with Crippen LogP contribution in [0.5, 0.6) is 0 Å². The quantitative estimate of drug-likeness (QED) is 0.126. The molecule has 0 aromatic heterocycles. The molecule has 0 aliphatic heterocycles. The van der Waals surface area contributed by atoms with Crippen molar-refractivity contribution >= 4 is 66.4 Å². The number of benzene rings is 12. The summed E-state index contributed by atoms with van der Waals surface area (Å²) < 4.78 is 214. The summed E-state index contributed by atoms with van der Waals surface area (Å²) in [6, 6.07) is 15.3. The third-order valence-corrected chi connectivity index (χ3v) is 13.1. The molecule has 0 fully saturated rings. The number of para-hydroxylation sites is 2. The van der Waals surface area contributed by atoms with E-state index in [-0.39, 0.29) is 33.6 Å². The van der Waals surface area contributed by atoms with Gasteiger partial charge in [0.25, 0.3) is 0 Å². The van der Waals surface area contributed by atoms with Gasteiger partial charge >= 0.3 is 0 Å². The molecule has 0 aliphatic carbocycles. The van der Waals surface area contributed by atoms with Crippen LogP contribution < -0.4 is 9.80 Å². The molecule has 0 unspecified atom stereocenters. The molecule has 72 heavy (non-hydrogen) atoms. The Bertz CT molecular complexity index is 4750. The van der Waals surface area contributed by atoms with Crippen molar-refractivity contribution in [2.24, 2.45) is 0 Å². The van der Waals surface area contributed by atoms with E-state index in [1.54, 1.807) is 98.2 Å². The Morgan fingerprint density at radius 1 is 0.333 bits per heavy atom. The van der Waals surface area contributed by atoms with Crippen LogP contribution in [0.3, 0.4) is 0 Å². The molecule has 0 heterocycles. The zero-order chi connectivity index (χ0) is 66.4. The van der Waals surface area contributed by atoms with Crippen LogP contribution in [-0.4, -0.2) is 0 Å². The lowest BCUT2D eigenvalue weighted by Gasteiger charge is -2.33. The highest BCUT2D eigenvalue weighted by Crippen LogP contribution is 2.53. The fourth-order valence-corrected chi connectivity index (χ4v) is 10.1. The molecule has 0 N–H and O–H groups in total. The van der Waals surface area contributed by atoms with Crippen molar-refractivity contribution in [3.8, 4) is 44.5 Å². The molecule has 2 nitrogen and oxygen atoms in total. The summed E-state index contributed by atoms with van der Waals surface area (Å²) in [5.74, 6) is -2.16. The first-order valence-corrected chi connectivity index (χ1v) is 22.9. The highest BCUT2D eigenvalue weighted by Gasteiger charge is 2.30. The van der Waals surface area contributed by atoms with Gasteiger partial charge in [0, 0.05) is 21.9 Å². The number of anilines is 6. The van der Waals surface area contributed by atoms with E-state index in [0.717, 1.165) is 12.1 Å². The SMILES string of the molecule is [2H]c1c([2H])c([2H])c(-c2cc(F)c(N(c3c(C)cccc3C)c3ccc4ccc5c(N(c6c(C)cccc6C)c6c(F)cc(-c7c([2H])c([2H])c([2H])c([2H])c7[2H])cc6-c6c([2H])c([2H])c([2H])c([2H])c6[2H])ccc6ccc3c4c65)c(-c3c([2H])c([2H])c([2H])c([2H])c3[2H])c2)c([2H])c1[2H]. The predicted octanol–water partition coefficient (Wildman–Crippen LogP) is 19.7. The molecule has 0 saturated carbocycles. The van der Waals surface area contributed by atoms with E-state index in [9.17, 15) is 5.48 Å². The van der Waals surface area contributed by atoms with Gasteiger partial charge in [0.15, 0.2) is 0 Å². The lowest BCUT2D eigenvalue weighted by molar-refractivity contribution is 0.629. The van der Waals surface area contributed by atoms with E-state index in [2.05, 4.69) is 0 Å². The normalized spacial score (nSPS) is 15.4. The Hall–Kier alpha value is -8.86. The third kappa shape index (κ3) is 7.55. The molecular weight excluding hydrogens is 883 g/mol. The summed E-state index contributed by atoms with van der Waals surface area (Å²) in [7, 11) is 0. The smallest absolute Gasteiger partial charge is 0.148 e. The summed E-state index contributed by atoms with van der Waals surface area (Å²) in [4.78, 5) is 3.16. The van der Waals surface area contributed by atoms with Gasteiger partial charge in [-0.25, -0.2) is 8.78 Å². The van der Waals surface area contributed by atoms with E-state index in [0.29, 0.717) is 77.3 Å². The monoisotopic (exact) mass is 953 g/mol. The number of halogens is 2. The fraction of sp³-hybridized carbons (Fsp3) is 0.0588. The van der Waals surface area contributed by atoms with Crippen LogP contribution >= 0.6 is 0 Å². The molecule has 4 heteroatoms. The lowest BCUT2D eigenvalue weighted by Crippen LogP contribution is -2.17. The minimum atomic E-state index is -1.08. The van der Waals surface area contributed by atoms with Gasteiger partial charge < -0.3 is 9.80 Å². The number of rotatable bonds is 10. The summed E-state index contributed by atoms with van der Waals surface area (Å²) in [6.45, 7) is 7.16. The van der Waals surface area contributed by atoms with Gasteiger partial charge in [0.05, 0.1) is 61.5 Å². The molecule has 0 bridgehead atoms. The van der Waals surface area contributed by atoms with Crippen molar-refractivity contribution in [1.29, 1.82) is 0 Å². The van der Waals surface area contributed by atoms with Crippen LogP contribution in [0.1, 0.15) is 49.7 Å². The van der Waals surface area contributed by atoms with E-state index < -0.39 is 155 Å². The zero-order valence-electron chi connectivity index (χ0n) is 59.0. The minimum Gasteiger partial charge on any atom is -0.306 e. The molecule has 0 saturated heterocycles. The highest BCUT2D eigenvalue weighted by atomic mass is 19.1. The van der Waals surface area contributed by atoms with Crippen LogP contribution in [0.4, 0.5) is 42.9 Å². The largest absolute Gasteiger partial charge is 0.306 e. The van der Waals surface area contributed by atoms with E-state index >= 15 is 8.78 Å². The number of aryl methyl sites for hydroxylation is 4. The fourth-order valence-electron chi connectivity index (χ4n) is 10.1. The van der Waals surface area contributed by atoms with Crippen molar-refractivity contribution in [2.75, 3.05) is 9.80 Å². The molecule has 0 radical (unpaired) electrons. The van der Waals surface area contributed by atoms with E-state index in [1.165, 1.54) is 12.1 Å². The van der Waals surface area contributed by atoms with Crippen LogP contribution in [0.15, 0.2) is 230 Å².